The fourth-order valence-corrected chi connectivity index (χ4v) is 1.47. The van der Waals surface area contributed by atoms with Gasteiger partial charge in [-0.05, 0) is 13.0 Å². The van der Waals surface area contributed by atoms with Gasteiger partial charge in [-0.1, -0.05) is 0 Å². The minimum absolute atomic E-state index is 0.00254. The monoisotopic (exact) mass is 266 g/mol. The normalized spacial score (nSPS) is 10.3. The van der Waals surface area contributed by atoms with Crippen LogP contribution in [0.2, 0.25) is 0 Å². The van der Waals surface area contributed by atoms with E-state index < -0.39 is 16.6 Å². The molecule has 7 heteroatoms. The first-order valence-corrected chi connectivity index (χ1v) is 5.21. The number of aromatic nitrogens is 1. The molecule has 5 nitrogen and oxygen atoms in total. The Morgan fingerprint density at radius 1 is 1.32 bits per heavy atom. The maximum atomic E-state index is 13.7. The molecule has 2 rings (SSSR count). The second-order valence-electron chi connectivity index (χ2n) is 3.75. The molecule has 0 fully saturated rings. The first kappa shape index (κ1) is 12.9. The number of nitro groups is 1. The summed E-state index contributed by atoms with van der Waals surface area (Å²) in [6.45, 7) is 1.47. The Kier molecular flexibility index (Phi) is 3.37. The highest BCUT2D eigenvalue weighted by Gasteiger charge is 2.16. The molecule has 0 atom stereocenters. The predicted molar refractivity (Wildman–Crippen MR) is 62.1 cm³/mol. The van der Waals surface area contributed by atoms with Gasteiger partial charge in [0.05, 0.1) is 17.2 Å². The van der Waals surface area contributed by atoms with Gasteiger partial charge in [-0.15, -0.1) is 0 Å². The minimum atomic E-state index is -0.877. The SMILES string of the molecule is Cc1cc([N+](=O)[O-])cc(F)c1Oc1ccc(F)cn1. The van der Waals surface area contributed by atoms with Gasteiger partial charge in [0.2, 0.25) is 5.88 Å². The Balaban J connectivity index is 2.35. The Morgan fingerprint density at radius 3 is 2.58 bits per heavy atom. The van der Waals surface area contributed by atoms with E-state index >= 15 is 0 Å². The Bertz CT molecular complexity index is 606. The third-order valence-electron chi connectivity index (χ3n) is 2.33. The number of hydrogen-bond acceptors (Lipinski definition) is 4. The van der Waals surface area contributed by atoms with Crippen molar-refractivity contribution in [3.63, 3.8) is 0 Å². The van der Waals surface area contributed by atoms with Gasteiger partial charge in [-0.25, -0.2) is 13.8 Å². The number of benzene rings is 1. The van der Waals surface area contributed by atoms with Crippen LogP contribution in [0, 0.1) is 28.7 Å². The molecular weight excluding hydrogens is 258 g/mol. The molecular formula is C12H8F2N2O3. The lowest BCUT2D eigenvalue weighted by Crippen LogP contribution is -1.97. The molecule has 0 spiro atoms. The van der Waals surface area contributed by atoms with E-state index in [2.05, 4.69) is 4.98 Å². The maximum Gasteiger partial charge on any atom is 0.272 e. The molecule has 19 heavy (non-hydrogen) atoms. The van der Waals surface area contributed by atoms with Crippen LogP contribution in [-0.2, 0) is 0 Å². The van der Waals surface area contributed by atoms with Gasteiger partial charge in [0.25, 0.3) is 5.69 Å². The lowest BCUT2D eigenvalue weighted by Gasteiger charge is -2.08. The van der Waals surface area contributed by atoms with Crippen molar-refractivity contribution >= 4 is 5.69 Å². The first-order valence-electron chi connectivity index (χ1n) is 5.21. The highest BCUT2D eigenvalue weighted by atomic mass is 19.1. The summed E-state index contributed by atoms with van der Waals surface area (Å²) in [5.41, 5.74) is -0.118. The lowest BCUT2D eigenvalue weighted by molar-refractivity contribution is -0.385. The number of ether oxygens (including phenoxy) is 1. The van der Waals surface area contributed by atoms with E-state index in [1.807, 2.05) is 0 Å². The highest BCUT2D eigenvalue weighted by Crippen LogP contribution is 2.30. The average molecular weight is 266 g/mol. The Hall–Kier alpha value is -2.57. The third kappa shape index (κ3) is 2.82. The van der Waals surface area contributed by atoms with Crippen molar-refractivity contribution in [2.75, 3.05) is 0 Å². The van der Waals surface area contributed by atoms with Crippen LogP contribution in [0.1, 0.15) is 5.56 Å². The van der Waals surface area contributed by atoms with Crippen LogP contribution < -0.4 is 4.74 Å². The van der Waals surface area contributed by atoms with Crippen molar-refractivity contribution in [3.05, 3.63) is 57.8 Å². The molecule has 0 aliphatic carbocycles. The summed E-state index contributed by atoms with van der Waals surface area (Å²) in [6.07, 6.45) is 0.925. The molecule has 0 saturated carbocycles. The van der Waals surface area contributed by atoms with E-state index in [0.717, 1.165) is 18.3 Å². The summed E-state index contributed by atoms with van der Waals surface area (Å²) < 4.78 is 31.5. The standard InChI is InChI=1S/C12H8F2N2O3/c1-7-4-9(16(17)18)5-10(14)12(7)19-11-3-2-8(13)6-15-11/h2-6H,1H3. The number of nitro benzene ring substituents is 1. The van der Waals surface area contributed by atoms with Crippen LogP contribution in [0.3, 0.4) is 0 Å². The predicted octanol–water partition coefficient (Wildman–Crippen LogP) is 3.37. The van der Waals surface area contributed by atoms with E-state index in [1.54, 1.807) is 0 Å². The molecule has 0 saturated heterocycles. The molecule has 0 bridgehead atoms. The van der Waals surface area contributed by atoms with Gasteiger partial charge in [0.15, 0.2) is 11.6 Å². The third-order valence-corrected chi connectivity index (χ3v) is 2.33. The highest BCUT2D eigenvalue weighted by molar-refractivity contribution is 5.45. The van der Waals surface area contributed by atoms with Crippen LogP contribution in [0.15, 0.2) is 30.5 Å². The van der Waals surface area contributed by atoms with Gasteiger partial charge >= 0.3 is 0 Å². The zero-order valence-corrected chi connectivity index (χ0v) is 9.76. The van der Waals surface area contributed by atoms with Gasteiger partial charge < -0.3 is 4.74 Å². The molecule has 1 aromatic heterocycles. The Labute approximate surface area is 106 Å². The van der Waals surface area contributed by atoms with Gasteiger partial charge in [0, 0.05) is 17.7 Å². The number of rotatable bonds is 3. The summed E-state index contributed by atoms with van der Waals surface area (Å²) in [7, 11) is 0. The van der Waals surface area contributed by atoms with Crippen LogP contribution in [0.4, 0.5) is 14.5 Å². The molecule has 1 heterocycles. The summed E-state index contributed by atoms with van der Waals surface area (Å²) >= 11 is 0. The summed E-state index contributed by atoms with van der Waals surface area (Å²) in [6, 6.07) is 4.28. The molecule has 1 aromatic carbocycles. The van der Waals surface area contributed by atoms with E-state index in [9.17, 15) is 18.9 Å². The van der Waals surface area contributed by atoms with Crippen LogP contribution in [0.5, 0.6) is 11.6 Å². The van der Waals surface area contributed by atoms with E-state index in [4.69, 9.17) is 4.74 Å². The summed E-state index contributed by atoms with van der Waals surface area (Å²) in [5, 5.41) is 10.6. The lowest BCUT2D eigenvalue weighted by atomic mass is 10.2. The fourth-order valence-electron chi connectivity index (χ4n) is 1.47. The van der Waals surface area contributed by atoms with Crippen molar-refractivity contribution < 1.29 is 18.4 Å². The Morgan fingerprint density at radius 2 is 2.05 bits per heavy atom. The number of halogens is 2. The van der Waals surface area contributed by atoms with Crippen molar-refractivity contribution in [3.8, 4) is 11.6 Å². The number of nitrogens with zero attached hydrogens (tertiary/aromatic N) is 2. The molecule has 98 valence electrons. The number of aryl methyl sites for hydroxylation is 1. The van der Waals surface area contributed by atoms with Crippen LogP contribution in [-0.4, -0.2) is 9.91 Å². The zero-order valence-electron chi connectivity index (χ0n) is 9.76. The largest absolute Gasteiger partial charge is 0.436 e. The second-order valence-corrected chi connectivity index (χ2v) is 3.75. The van der Waals surface area contributed by atoms with E-state index in [-0.39, 0.29) is 22.9 Å². The van der Waals surface area contributed by atoms with E-state index in [1.165, 1.54) is 19.1 Å². The van der Waals surface area contributed by atoms with Crippen molar-refractivity contribution in [2.24, 2.45) is 0 Å². The zero-order chi connectivity index (χ0) is 14.0. The van der Waals surface area contributed by atoms with Crippen LogP contribution >= 0.6 is 0 Å². The van der Waals surface area contributed by atoms with Gasteiger partial charge in [-0.2, -0.15) is 0 Å². The van der Waals surface area contributed by atoms with Crippen LogP contribution in [0.25, 0.3) is 0 Å². The smallest absolute Gasteiger partial charge is 0.272 e. The van der Waals surface area contributed by atoms with E-state index in [0.29, 0.717) is 0 Å². The van der Waals surface area contributed by atoms with Gasteiger partial charge in [-0.3, -0.25) is 10.1 Å². The summed E-state index contributed by atoms with van der Waals surface area (Å²) in [4.78, 5) is 13.5. The molecule has 0 amide bonds. The first-order chi connectivity index (χ1) is 8.97. The molecule has 0 radical (unpaired) electrons. The molecule has 0 aliphatic heterocycles. The number of non-ortho nitro benzene ring substituents is 1. The van der Waals surface area contributed by atoms with Crippen molar-refractivity contribution in [2.45, 2.75) is 6.92 Å². The molecule has 2 aromatic rings. The molecule has 0 aliphatic rings. The maximum absolute atomic E-state index is 13.7. The van der Waals surface area contributed by atoms with Gasteiger partial charge in [0.1, 0.15) is 5.82 Å². The second kappa shape index (κ2) is 4.97. The van der Waals surface area contributed by atoms with Crippen molar-refractivity contribution in [1.29, 1.82) is 0 Å². The molecule has 0 N–H and O–H groups in total. The number of hydrogen-bond donors (Lipinski definition) is 0. The summed E-state index contributed by atoms with van der Waals surface area (Å²) in [5.74, 6) is -1.60. The topological polar surface area (TPSA) is 65.3 Å². The minimum Gasteiger partial charge on any atom is -0.436 e. The fraction of sp³-hybridized carbons (Fsp3) is 0.0833. The number of pyridine rings is 1. The average Bonchev–Trinajstić information content (AvgIpc) is 2.35. The van der Waals surface area contributed by atoms with Crippen molar-refractivity contribution in [1.82, 2.24) is 4.98 Å². The molecule has 0 unspecified atom stereocenters. The quantitative estimate of drug-likeness (QED) is 0.631.